The number of hydrogen-bond acceptors (Lipinski definition) is 4. The minimum atomic E-state index is -0.115. The number of carbonyl (C=O) groups excluding carboxylic acids is 1. The Hall–Kier alpha value is -1.79. The number of ether oxygens (including phenoxy) is 1. The molecule has 1 amide bonds. The number of rotatable bonds is 3. The van der Waals surface area contributed by atoms with E-state index in [-0.39, 0.29) is 12.0 Å². The van der Waals surface area contributed by atoms with Gasteiger partial charge in [-0.3, -0.25) is 14.7 Å². The van der Waals surface area contributed by atoms with E-state index in [0.717, 1.165) is 25.1 Å². The topological polar surface area (TPSA) is 54.5 Å². The minimum absolute atomic E-state index is 0.0906. The van der Waals surface area contributed by atoms with Gasteiger partial charge < -0.3 is 10.1 Å². The van der Waals surface area contributed by atoms with Gasteiger partial charge in [-0.15, -0.1) is 0 Å². The lowest BCUT2D eigenvalue weighted by Crippen LogP contribution is -2.37. The predicted octanol–water partition coefficient (Wildman–Crippen LogP) is 1.32. The van der Waals surface area contributed by atoms with Crippen LogP contribution in [0.15, 0.2) is 30.1 Å². The summed E-state index contributed by atoms with van der Waals surface area (Å²) in [7, 11) is 0. The molecular weight excluding hydrogens is 274 g/mol. The molecule has 6 heteroatoms. The lowest BCUT2D eigenvalue weighted by atomic mass is 10.2. The summed E-state index contributed by atoms with van der Waals surface area (Å²) in [5.41, 5.74) is 1.19. The van der Waals surface area contributed by atoms with Crippen LogP contribution < -0.4 is 5.32 Å². The van der Waals surface area contributed by atoms with Gasteiger partial charge in [0.1, 0.15) is 5.70 Å². The predicted molar refractivity (Wildman–Crippen MR) is 78.6 cm³/mol. The van der Waals surface area contributed by atoms with Gasteiger partial charge >= 0.3 is 0 Å². The molecule has 0 aliphatic carbocycles. The van der Waals surface area contributed by atoms with E-state index >= 15 is 0 Å². The van der Waals surface area contributed by atoms with E-state index in [2.05, 4.69) is 10.3 Å². The number of nitrogens with zero attached hydrogens (tertiary/aromatic N) is 2. The second-order valence-electron chi connectivity index (χ2n) is 4.79. The normalized spacial score (nSPS) is 24.5. The number of aromatic nitrogens is 1. The summed E-state index contributed by atoms with van der Waals surface area (Å²) >= 11 is 5.22. The van der Waals surface area contributed by atoms with Crippen LogP contribution in [0.4, 0.5) is 0 Å². The van der Waals surface area contributed by atoms with Crippen LogP contribution in [0.1, 0.15) is 18.5 Å². The first-order valence-corrected chi connectivity index (χ1v) is 7.02. The zero-order valence-electron chi connectivity index (χ0n) is 10.9. The molecule has 2 fully saturated rings. The Labute approximate surface area is 122 Å². The van der Waals surface area contributed by atoms with E-state index in [0.29, 0.717) is 17.4 Å². The number of pyridine rings is 1. The zero-order valence-corrected chi connectivity index (χ0v) is 11.7. The summed E-state index contributed by atoms with van der Waals surface area (Å²) in [6.07, 6.45) is 5.51. The van der Waals surface area contributed by atoms with E-state index < -0.39 is 0 Å². The lowest BCUT2D eigenvalue weighted by Gasteiger charge is -2.18. The van der Waals surface area contributed by atoms with Gasteiger partial charge in [0.05, 0.1) is 18.3 Å². The number of nitrogens with one attached hydrogen (secondary N) is 1. The largest absolute Gasteiger partial charge is 0.376 e. The maximum absolute atomic E-state index is 12.3. The fourth-order valence-electron chi connectivity index (χ4n) is 2.34. The van der Waals surface area contributed by atoms with Gasteiger partial charge in [-0.2, -0.15) is 0 Å². The standard InChI is InChI=1S/C14H15N3O2S/c18-13-12(8-10-4-1-2-6-15-10)16-14(20)17(13)9-11-5-3-7-19-11/h1-2,4,6,8,11H,3,5,7,9H2,(H,16,20). The molecule has 0 saturated carbocycles. The number of thiocarbonyl (C=S) groups is 1. The second kappa shape index (κ2) is 5.68. The van der Waals surface area contributed by atoms with E-state index in [9.17, 15) is 4.79 Å². The molecule has 20 heavy (non-hydrogen) atoms. The van der Waals surface area contributed by atoms with Crippen LogP contribution >= 0.6 is 12.2 Å². The van der Waals surface area contributed by atoms with Gasteiger partial charge in [-0.05, 0) is 43.3 Å². The molecule has 0 spiro atoms. The molecule has 1 unspecified atom stereocenters. The second-order valence-corrected chi connectivity index (χ2v) is 5.18. The highest BCUT2D eigenvalue weighted by Crippen LogP contribution is 2.18. The third-order valence-corrected chi connectivity index (χ3v) is 3.67. The van der Waals surface area contributed by atoms with E-state index in [4.69, 9.17) is 17.0 Å². The van der Waals surface area contributed by atoms with Crippen LogP contribution in [-0.4, -0.2) is 40.2 Å². The molecule has 1 N–H and O–H groups in total. The molecular formula is C14H15N3O2S. The summed E-state index contributed by atoms with van der Waals surface area (Å²) in [6.45, 7) is 1.29. The molecule has 5 nitrogen and oxygen atoms in total. The average Bonchev–Trinajstić information content (AvgIpc) is 3.05. The zero-order chi connectivity index (χ0) is 13.9. The third kappa shape index (κ3) is 2.71. The Balaban J connectivity index is 1.74. The maximum atomic E-state index is 12.3. The number of carbonyl (C=O) groups is 1. The molecule has 3 heterocycles. The van der Waals surface area contributed by atoms with Crippen molar-refractivity contribution in [1.29, 1.82) is 0 Å². The molecule has 0 bridgehead atoms. The average molecular weight is 289 g/mol. The summed E-state index contributed by atoms with van der Waals surface area (Å²) in [4.78, 5) is 18.1. The molecule has 2 aliphatic rings. The molecule has 1 atom stereocenters. The Bertz CT molecular complexity index is 553. The maximum Gasteiger partial charge on any atom is 0.276 e. The van der Waals surface area contributed by atoms with Crippen molar-refractivity contribution in [3.63, 3.8) is 0 Å². The molecule has 0 aromatic carbocycles. The number of amides is 1. The first kappa shape index (κ1) is 13.2. The van der Waals surface area contributed by atoms with Gasteiger partial charge in [0.25, 0.3) is 5.91 Å². The third-order valence-electron chi connectivity index (χ3n) is 3.35. The monoisotopic (exact) mass is 289 g/mol. The lowest BCUT2D eigenvalue weighted by molar-refractivity contribution is -0.123. The van der Waals surface area contributed by atoms with Crippen molar-refractivity contribution in [3.8, 4) is 0 Å². The Kier molecular flexibility index (Phi) is 3.75. The molecule has 3 rings (SSSR count). The fraction of sp³-hybridized carbons (Fsp3) is 0.357. The van der Waals surface area contributed by atoms with E-state index in [1.807, 2.05) is 18.2 Å². The van der Waals surface area contributed by atoms with E-state index in [1.165, 1.54) is 0 Å². The van der Waals surface area contributed by atoms with Crippen molar-refractivity contribution in [1.82, 2.24) is 15.2 Å². The quantitative estimate of drug-likeness (QED) is 0.672. The summed E-state index contributed by atoms with van der Waals surface area (Å²) < 4.78 is 5.55. The smallest absolute Gasteiger partial charge is 0.276 e. The van der Waals surface area contributed by atoms with Gasteiger partial charge in [-0.1, -0.05) is 6.07 Å². The van der Waals surface area contributed by atoms with Gasteiger partial charge in [0.15, 0.2) is 5.11 Å². The van der Waals surface area contributed by atoms with Gasteiger partial charge in [-0.25, -0.2) is 0 Å². The highest BCUT2D eigenvalue weighted by atomic mass is 32.1. The molecule has 2 aliphatic heterocycles. The first-order valence-electron chi connectivity index (χ1n) is 6.61. The molecule has 104 valence electrons. The minimum Gasteiger partial charge on any atom is -0.376 e. The summed E-state index contributed by atoms with van der Waals surface area (Å²) in [5.74, 6) is -0.115. The van der Waals surface area contributed by atoms with Crippen molar-refractivity contribution < 1.29 is 9.53 Å². The molecule has 0 radical (unpaired) electrons. The van der Waals surface area contributed by atoms with Crippen molar-refractivity contribution in [2.45, 2.75) is 18.9 Å². The van der Waals surface area contributed by atoms with Crippen LogP contribution in [0.2, 0.25) is 0 Å². The Morgan fingerprint density at radius 3 is 3.15 bits per heavy atom. The van der Waals surface area contributed by atoms with Crippen LogP contribution in [-0.2, 0) is 9.53 Å². The van der Waals surface area contributed by atoms with Gasteiger partial charge in [0, 0.05) is 12.8 Å². The molecule has 1 aromatic heterocycles. The van der Waals surface area contributed by atoms with Crippen LogP contribution in [0.5, 0.6) is 0 Å². The highest BCUT2D eigenvalue weighted by Gasteiger charge is 2.33. The summed E-state index contributed by atoms with van der Waals surface area (Å²) in [5, 5.41) is 3.39. The van der Waals surface area contributed by atoms with Crippen molar-refractivity contribution in [2.75, 3.05) is 13.2 Å². The Morgan fingerprint density at radius 1 is 1.55 bits per heavy atom. The van der Waals surface area contributed by atoms with Crippen LogP contribution in [0.3, 0.4) is 0 Å². The van der Waals surface area contributed by atoms with Crippen LogP contribution in [0.25, 0.3) is 6.08 Å². The SMILES string of the molecule is O=C1C(=Cc2ccccn2)NC(=S)N1CC1CCCO1. The first-order chi connectivity index (χ1) is 9.74. The van der Waals surface area contributed by atoms with Crippen molar-refractivity contribution in [2.24, 2.45) is 0 Å². The van der Waals surface area contributed by atoms with Crippen molar-refractivity contribution in [3.05, 3.63) is 35.8 Å². The fourth-order valence-corrected chi connectivity index (χ4v) is 2.61. The van der Waals surface area contributed by atoms with E-state index in [1.54, 1.807) is 17.2 Å². The Morgan fingerprint density at radius 2 is 2.45 bits per heavy atom. The summed E-state index contributed by atoms with van der Waals surface area (Å²) in [6, 6.07) is 5.55. The van der Waals surface area contributed by atoms with Gasteiger partial charge in [0.2, 0.25) is 0 Å². The molecule has 1 aromatic rings. The molecule has 2 saturated heterocycles. The van der Waals surface area contributed by atoms with Crippen molar-refractivity contribution >= 4 is 29.3 Å². The highest BCUT2D eigenvalue weighted by molar-refractivity contribution is 7.80. The number of hydrogen-bond donors (Lipinski definition) is 1. The van der Waals surface area contributed by atoms with Crippen LogP contribution in [0, 0.1) is 0 Å².